The summed E-state index contributed by atoms with van der Waals surface area (Å²) in [6, 6.07) is 3.40. The first-order valence-electron chi connectivity index (χ1n) is 7.94. The molecule has 22 heavy (non-hydrogen) atoms. The Balaban J connectivity index is 1.62. The number of thiophene rings is 1. The lowest BCUT2D eigenvalue weighted by Crippen LogP contribution is -2.52. The first-order chi connectivity index (χ1) is 10.8. The van der Waals surface area contributed by atoms with Crippen LogP contribution in [0.25, 0.3) is 0 Å². The highest BCUT2D eigenvalue weighted by molar-refractivity contribution is 7.10. The van der Waals surface area contributed by atoms with Gasteiger partial charge in [0.05, 0.1) is 0 Å². The summed E-state index contributed by atoms with van der Waals surface area (Å²) in [7, 11) is 0. The van der Waals surface area contributed by atoms with Crippen molar-refractivity contribution >= 4 is 23.2 Å². The molecule has 2 saturated heterocycles. The number of rotatable bonds is 4. The summed E-state index contributed by atoms with van der Waals surface area (Å²) in [6.07, 6.45) is 3.52. The number of nitrogens with zero attached hydrogens (tertiary/aromatic N) is 1. The average Bonchev–Trinajstić information content (AvgIpc) is 3.07. The molecule has 3 rings (SSSR count). The molecular weight excluding hydrogens is 300 g/mol. The molecule has 1 atom stereocenters. The molecule has 0 radical (unpaired) electrons. The van der Waals surface area contributed by atoms with E-state index in [1.54, 1.807) is 4.90 Å². The Kier molecular flexibility index (Phi) is 5.10. The van der Waals surface area contributed by atoms with Gasteiger partial charge in [-0.3, -0.25) is 9.59 Å². The second kappa shape index (κ2) is 7.24. The zero-order valence-corrected chi connectivity index (χ0v) is 13.4. The smallest absolute Gasteiger partial charge is 0.248 e. The van der Waals surface area contributed by atoms with E-state index in [4.69, 9.17) is 4.74 Å². The maximum atomic E-state index is 12.6. The molecule has 3 heterocycles. The van der Waals surface area contributed by atoms with Gasteiger partial charge in [0.1, 0.15) is 6.04 Å². The SMILES string of the molecule is O=C1NCCN(C(=O)CCC2CCOCC2)C1c1cccs1. The summed E-state index contributed by atoms with van der Waals surface area (Å²) in [4.78, 5) is 27.5. The monoisotopic (exact) mass is 322 g/mol. The zero-order valence-electron chi connectivity index (χ0n) is 12.6. The number of amides is 2. The van der Waals surface area contributed by atoms with E-state index in [1.165, 1.54) is 11.3 Å². The van der Waals surface area contributed by atoms with E-state index in [0.29, 0.717) is 25.4 Å². The van der Waals surface area contributed by atoms with Gasteiger partial charge in [-0.15, -0.1) is 11.3 Å². The summed E-state index contributed by atoms with van der Waals surface area (Å²) < 4.78 is 5.36. The molecule has 0 aliphatic carbocycles. The van der Waals surface area contributed by atoms with Gasteiger partial charge < -0.3 is 15.0 Å². The number of nitrogens with one attached hydrogen (secondary N) is 1. The van der Waals surface area contributed by atoms with Crippen LogP contribution in [-0.2, 0) is 14.3 Å². The molecular formula is C16H22N2O3S. The fourth-order valence-corrected chi connectivity index (χ4v) is 4.01. The van der Waals surface area contributed by atoms with Crippen LogP contribution in [-0.4, -0.2) is 43.0 Å². The first-order valence-corrected chi connectivity index (χ1v) is 8.82. The second-order valence-electron chi connectivity index (χ2n) is 5.89. The van der Waals surface area contributed by atoms with Gasteiger partial charge in [-0.05, 0) is 36.6 Å². The van der Waals surface area contributed by atoms with Crippen LogP contribution in [0.1, 0.15) is 36.6 Å². The van der Waals surface area contributed by atoms with Gasteiger partial charge in [-0.1, -0.05) is 6.07 Å². The van der Waals surface area contributed by atoms with Crippen LogP contribution in [0.3, 0.4) is 0 Å². The predicted molar refractivity (Wildman–Crippen MR) is 84.6 cm³/mol. The third kappa shape index (κ3) is 3.50. The molecule has 2 aliphatic heterocycles. The van der Waals surface area contributed by atoms with Gasteiger partial charge in [0.25, 0.3) is 0 Å². The summed E-state index contributed by atoms with van der Waals surface area (Å²) in [5, 5.41) is 4.81. The van der Waals surface area contributed by atoms with Crippen molar-refractivity contribution in [2.45, 2.75) is 31.7 Å². The lowest BCUT2D eigenvalue weighted by Gasteiger charge is -2.35. The number of carbonyl (C=O) groups is 2. The van der Waals surface area contributed by atoms with E-state index in [-0.39, 0.29) is 11.8 Å². The molecule has 0 bridgehead atoms. The van der Waals surface area contributed by atoms with E-state index >= 15 is 0 Å². The Morgan fingerprint density at radius 3 is 2.95 bits per heavy atom. The lowest BCUT2D eigenvalue weighted by atomic mass is 9.94. The number of carbonyl (C=O) groups excluding carboxylic acids is 2. The van der Waals surface area contributed by atoms with E-state index < -0.39 is 6.04 Å². The maximum absolute atomic E-state index is 12.6. The molecule has 0 spiro atoms. The average molecular weight is 322 g/mol. The minimum Gasteiger partial charge on any atom is -0.381 e. The molecule has 2 aliphatic rings. The molecule has 1 N–H and O–H groups in total. The number of ether oxygens (including phenoxy) is 1. The Labute approximate surface area is 134 Å². The highest BCUT2D eigenvalue weighted by atomic mass is 32.1. The van der Waals surface area contributed by atoms with E-state index in [1.807, 2.05) is 17.5 Å². The Morgan fingerprint density at radius 1 is 1.41 bits per heavy atom. The zero-order chi connectivity index (χ0) is 15.4. The molecule has 2 fully saturated rings. The Bertz CT molecular complexity index is 511. The van der Waals surface area contributed by atoms with Crippen molar-refractivity contribution in [2.75, 3.05) is 26.3 Å². The van der Waals surface area contributed by atoms with Crippen molar-refractivity contribution in [3.05, 3.63) is 22.4 Å². The second-order valence-corrected chi connectivity index (χ2v) is 6.87. The lowest BCUT2D eigenvalue weighted by molar-refractivity contribution is -0.143. The number of hydrogen-bond acceptors (Lipinski definition) is 4. The normalized spacial score (nSPS) is 23.4. The van der Waals surface area contributed by atoms with Gasteiger partial charge in [0, 0.05) is 37.6 Å². The maximum Gasteiger partial charge on any atom is 0.248 e. The molecule has 1 aromatic rings. The molecule has 120 valence electrons. The van der Waals surface area contributed by atoms with Gasteiger partial charge >= 0.3 is 0 Å². The van der Waals surface area contributed by atoms with Crippen LogP contribution in [0.4, 0.5) is 0 Å². The summed E-state index contributed by atoms with van der Waals surface area (Å²) in [6.45, 7) is 2.76. The van der Waals surface area contributed by atoms with Crippen molar-refractivity contribution in [1.82, 2.24) is 10.2 Å². The summed E-state index contributed by atoms with van der Waals surface area (Å²) in [5.74, 6) is 0.615. The van der Waals surface area contributed by atoms with Crippen LogP contribution in [0, 0.1) is 5.92 Å². The molecule has 0 saturated carbocycles. The standard InChI is InChI=1S/C16H22N2O3S/c19-14(4-3-12-5-9-21-10-6-12)18-8-7-17-16(20)15(18)13-2-1-11-22-13/h1-2,11-12,15H,3-10H2,(H,17,20). The minimum absolute atomic E-state index is 0.0619. The highest BCUT2D eigenvalue weighted by Crippen LogP contribution is 2.29. The Morgan fingerprint density at radius 2 is 2.23 bits per heavy atom. The van der Waals surface area contributed by atoms with Gasteiger partial charge in [-0.2, -0.15) is 0 Å². The largest absolute Gasteiger partial charge is 0.381 e. The fourth-order valence-electron chi connectivity index (χ4n) is 3.17. The number of piperazine rings is 1. The van der Waals surface area contributed by atoms with E-state index in [0.717, 1.165) is 37.4 Å². The highest BCUT2D eigenvalue weighted by Gasteiger charge is 2.34. The Hall–Kier alpha value is -1.40. The predicted octanol–water partition coefficient (Wildman–Crippen LogP) is 1.95. The van der Waals surface area contributed by atoms with Gasteiger partial charge in [-0.25, -0.2) is 0 Å². The molecule has 1 unspecified atom stereocenters. The van der Waals surface area contributed by atoms with Crippen molar-refractivity contribution in [1.29, 1.82) is 0 Å². The third-order valence-corrected chi connectivity index (χ3v) is 5.38. The molecule has 1 aromatic heterocycles. The van der Waals surface area contributed by atoms with E-state index in [2.05, 4.69) is 5.32 Å². The van der Waals surface area contributed by atoms with E-state index in [9.17, 15) is 9.59 Å². The van der Waals surface area contributed by atoms with Crippen molar-refractivity contribution in [2.24, 2.45) is 5.92 Å². The molecule has 2 amide bonds. The first kappa shape index (κ1) is 15.5. The van der Waals surface area contributed by atoms with Gasteiger partial charge in [0.15, 0.2) is 0 Å². The van der Waals surface area contributed by atoms with Crippen molar-refractivity contribution < 1.29 is 14.3 Å². The molecule has 5 nitrogen and oxygen atoms in total. The van der Waals surface area contributed by atoms with Crippen molar-refractivity contribution in [3.8, 4) is 0 Å². The third-order valence-electron chi connectivity index (χ3n) is 4.45. The quantitative estimate of drug-likeness (QED) is 0.922. The fraction of sp³-hybridized carbons (Fsp3) is 0.625. The van der Waals surface area contributed by atoms with Crippen LogP contribution < -0.4 is 5.32 Å². The minimum atomic E-state index is -0.448. The molecule has 6 heteroatoms. The van der Waals surface area contributed by atoms with Crippen LogP contribution in [0.5, 0.6) is 0 Å². The number of hydrogen-bond donors (Lipinski definition) is 1. The van der Waals surface area contributed by atoms with Gasteiger partial charge in [0.2, 0.25) is 11.8 Å². The van der Waals surface area contributed by atoms with Crippen LogP contribution in [0.2, 0.25) is 0 Å². The summed E-state index contributed by atoms with van der Waals surface area (Å²) in [5.41, 5.74) is 0. The summed E-state index contributed by atoms with van der Waals surface area (Å²) >= 11 is 1.53. The molecule has 0 aromatic carbocycles. The van der Waals surface area contributed by atoms with Crippen LogP contribution >= 0.6 is 11.3 Å². The van der Waals surface area contributed by atoms with Crippen LogP contribution in [0.15, 0.2) is 17.5 Å². The topological polar surface area (TPSA) is 58.6 Å². The van der Waals surface area contributed by atoms with Crippen molar-refractivity contribution in [3.63, 3.8) is 0 Å².